The van der Waals surface area contributed by atoms with E-state index in [9.17, 15) is 14.9 Å². The van der Waals surface area contributed by atoms with Gasteiger partial charge < -0.3 is 10.4 Å². The molecule has 0 atom stereocenters. The monoisotopic (exact) mass is 270 g/mol. The number of carboxylic acids is 1. The van der Waals surface area contributed by atoms with E-state index in [1.807, 2.05) is 6.92 Å². The molecule has 1 rings (SSSR count). The highest BCUT2D eigenvalue weighted by Crippen LogP contribution is 2.28. The molecular weight excluding hydrogens is 252 g/mol. The molecule has 0 saturated carbocycles. The van der Waals surface area contributed by atoms with Gasteiger partial charge in [-0.3, -0.25) is 14.9 Å². The first-order valence-electron chi connectivity index (χ1n) is 6.13. The third kappa shape index (κ3) is 3.94. The van der Waals surface area contributed by atoms with E-state index in [1.54, 1.807) is 7.05 Å². The quantitative estimate of drug-likeness (QED) is 0.421. The number of aliphatic carboxylic acids is 1. The van der Waals surface area contributed by atoms with Gasteiger partial charge in [0.2, 0.25) is 5.82 Å². The van der Waals surface area contributed by atoms with Gasteiger partial charge in [-0.05, 0) is 19.3 Å². The zero-order valence-electron chi connectivity index (χ0n) is 11.0. The molecule has 0 aliphatic heterocycles. The van der Waals surface area contributed by atoms with Gasteiger partial charge in [0.05, 0.1) is 4.92 Å². The SMILES string of the molecule is CCc1nn(C)c(NCCCCC(=O)O)c1[N+](=O)[O-]. The Morgan fingerprint density at radius 2 is 2.21 bits per heavy atom. The summed E-state index contributed by atoms with van der Waals surface area (Å²) in [5, 5.41) is 26.6. The first-order valence-corrected chi connectivity index (χ1v) is 6.13. The van der Waals surface area contributed by atoms with Crippen molar-refractivity contribution in [3.05, 3.63) is 15.8 Å². The molecule has 1 heterocycles. The molecule has 0 aliphatic rings. The number of aryl methyl sites for hydroxylation is 2. The van der Waals surface area contributed by atoms with Crippen LogP contribution in [0.4, 0.5) is 11.5 Å². The van der Waals surface area contributed by atoms with E-state index in [0.717, 1.165) is 0 Å². The van der Waals surface area contributed by atoms with E-state index in [2.05, 4.69) is 10.4 Å². The van der Waals surface area contributed by atoms with Gasteiger partial charge in [0.1, 0.15) is 5.69 Å². The maximum Gasteiger partial charge on any atom is 0.333 e. The second kappa shape index (κ2) is 6.72. The van der Waals surface area contributed by atoms with Crippen molar-refractivity contribution >= 4 is 17.5 Å². The van der Waals surface area contributed by atoms with E-state index in [-0.39, 0.29) is 12.1 Å². The van der Waals surface area contributed by atoms with Crippen molar-refractivity contribution in [1.29, 1.82) is 0 Å². The molecule has 8 nitrogen and oxygen atoms in total. The summed E-state index contributed by atoms with van der Waals surface area (Å²) in [5.41, 5.74) is 0.448. The summed E-state index contributed by atoms with van der Waals surface area (Å²) in [4.78, 5) is 20.9. The molecule has 0 aliphatic carbocycles. The molecule has 0 aromatic carbocycles. The third-order valence-electron chi connectivity index (χ3n) is 2.72. The highest BCUT2D eigenvalue weighted by Gasteiger charge is 2.24. The first-order chi connectivity index (χ1) is 8.97. The van der Waals surface area contributed by atoms with Crippen LogP contribution in [0.5, 0.6) is 0 Å². The average molecular weight is 270 g/mol. The van der Waals surface area contributed by atoms with Crippen LogP contribution < -0.4 is 5.32 Å². The number of hydrogen-bond donors (Lipinski definition) is 2. The number of nitro groups is 1. The Kier molecular flexibility index (Phi) is 5.28. The molecular formula is C11H18N4O4. The molecule has 8 heteroatoms. The molecule has 19 heavy (non-hydrogen) atoms. The molecule has 0 spiro atoms. The summed E-state index contributed by atoms with van der Waals surface area (Å²) in [6.07, 6.45) is 1.77. The van der Waals surface area contributed by atoms with Crippen LogP contribution in [0, 0.1) is 10.1 Å². The van der Waals surface area contributed by atoms with E-state index >= 15 is 0 Å². The number of carboxylic acid groups (broad SMARTS) is 1. The van der Waals surface area contributed by atoms with Gasteiger partial charge in [-0.2, -0.15) is 5.10 Å². The number of rotatable bonds is 8. The summed E-state index contributed by atoms with van der Waals surface area (Å²) >= 11 is 0. The van der Waals surface area contributed by atoms with Gasteiger partial charge in [-0.15, -0.1) is 0 Å². The van der Waals surface area contributed by atoms with Gasteiger partial charge in [0.25, 0.3) is 0 Å². The normalized spacial score (nSPS) is 10.4. The number of nitrogens with one attached hydrogen (secondary N) is 1. The second-order valence-electron chi connectivity index (χ2n) is 4.16. The van der Waals surface area contributed by atoms with Crippen LogP contribution >= 0.6 is 0 Å². The largest absolute Gasteiger partial charge is 0.481 e. The third-order valence-corrected chi connectivity index (χ3v) is 2.72. The fourth-order valence-corrected chi connectivity index (χ4v) is 1.80. The number of anilines is 1. The smallest absolute Gasteiger partial charge is 0.333 e. The van der Waals surface area contributed by atoms with Crippen molar-refractivity contribution in [2.75, 3.05) is 11.9 Å². The number of hydrogen-bond acceptors (Lipinski definition) is 5. The number of nitrogens with zero attached hydrogens (tertiary/aromatic N) is 3. The fourth-order valence-electron chi connectivity index (χ4n) is 1.80. The lowest BCUT2D eigenvalue weighted by molar-refractivity contribution is -0.384. The Labute approximate surface area is 110 Å². The van der Waals surface area contributed by atoms with Crippen LogP contribution in [0.2, 0.25) is 0 Å². The van der Waals surface area contributed by atoms with Gasteiger partial charge >= 0.3 is 11.7 Å². The Morgan fingerprint density at radius 1 is 1.53 bits per heavy atom. The predicted molar refractivity (Wildman–Crippen MR) is 69.2 cm³/mol. The first kappa shape index (κ1) is 14.9. The van der Waals surface area contributed by atoms with Crippen LogP contribution in [0.15, 0.2) is 0 Å². The maximum absolute atomic E-state index is 11.0. The van der Waals surface area contributed by atoms with Crippen LogP contribution in [0.25, 0.3) is 0 Å². The molecule has 0 amide bonds. The lowest BCUT2D eigenvalue weighted by Crippen LogP contribution is -2.08. The molecule has 0 bridgehead atoms. The molecule has 1 aromatic rings. The van der Waals surface area contributed by atoms with Gasteiger partial charge in [0.15, 0.2) is 0 Å². The minimum atomic E-state index is -0.834. The van der Waals surface area contributed by atoms with Crippen LogP contribution in [0.1, 0.15) is 31.9 Å². The lowest BCUT2D eigenvalue weighted by atomic mass is 10.2. The summed E-state index contributed by atoms with van der Waals surface area (Å²) in [5.74, 6) is -0.461. The number of aromatic nitrogens is 2. The van der Waals surface area contributed by atoms with Crippen molar-refractivity contribution in [2.24, 2.45) is 7.05 Å². The van der Waals surface area contributed by atoms with Crippen molar-refractivity contribution in [3.8, 4) is 0 Å². The van der Waals surface area contributed by atoms with Crippen molar-refractivity contribution in [3.63, 3.8) is 0 Å². The zero-order chi connectivity index (χ0) is 14.4. The average Bonchev–Trinajstić information content (AvgIpc) is 2.65. The topological polar surface area (TPSA) is 110 Å². The molecule has 0 saturated heterocycles. The van der Waals surface area contributed by atoms with Gasteiger partial charge in [-0.25, -0.2) is 4.68 Å². The Morgan fingerprint density at radius 3 is 2.74 bits per heavy atom. The van der Waals surface area contributed by atoms with E-state index in [1.165, 1.54) is 4.68 Å². The van der Waals surface area contributed by atoms with Gasteiger partial charge in [0, 0.05) is 20.0 Å². The Bertz CT molecular complexity index is 470. The minimum Gasteiger partial charge on any atom is -0.481 e. The molecule has 0 radical (unpaired) electrons. The van der Waals surface area contributed by atoms with Crippen LogP contribution in [0.3, 0.4) is 0 Å². The fraction of sp³-hybridized carbons (Fsp3) is 0.636. The molecule has 1 aromatic heterocycles. The van der Waals surface area contributed by atoms with Crippen LogP contribution in [-0.2, 0) is 18.3 Å². The lowest BCUT2D eigenvalue weighted by Gasteiger charge is -2.05. The van der Waals surface area contributed by atoms with Crippen LogP contribution in [-0.4, -0.2) is 32.3 Å². The number of carbonyl (C=O) groups is 1. The van der Waals surface area contributed by atoms with Gasteiger partial charge in [-0.1, -0.05) is 6.92 Å². The summed E-state index contributed by atoms with van der Waals surface area (Å²) in [6, 6.07) is 0. The Balaban J connectivity index is 2.64. The maximum atomic E-state index is 11.0. The van der Waals surface area contributed by atoms with E-state index in [4.69, 9.17) is 5.11 Å². The predicted octanol–water partition coefficient (Wildman–Crippen LogP) is 1.56. The molecule has 2 N–H and O–H groups in total. The zero-order valence-corrected chi connectivity index (χ0v) is 11.0. The Hall–Kier alpha value is -2.12. The van der Waals surface area contributed by atoms with Crippen molar-refractivity contribution < 1.29 is 14.8 Å². The summed E-state index contributed by atoms with van der Waals surface area (Å²) in [6.45, 7) is 2.29. The molecule has 0 fully saturated rings. The van der Waals surface area contributed by atoms with Crippen molar-refractivity contribution in [2.45, 2.75) is 32.6 Å². The van der Waals surface area contributed by atoms with E-state index in [0.29, 0.717) is 37.3 Å². The van der Waals surface area contributed by atoms with E-state index < -0.39 is 10.9 Å². The minimum absolute atomic E-state index is 0.00299. The highest BCUT2D eigenvalue weighted by atomic mass is 16.6. The highest BCUT2D eigenvalue weighted by molar-refractivity contribution is 5.66. The molecule has 106 valence electrons. The second-order valence-corrected chi connectivity index (χ2v) is 4.16. The number of unbranched alkanes of at least 4 members (excludes halogenated alkanes) is 1. The van der Waals surface area contributed by atoms with Crippen molar-refractivity contribution in [1.82, 2.24) is 9.78 Å². The summed E-state index contributed by atoms with van der Waals surface area (Å²) < 4.78 is 1.45. The standard InChI is InChI=1S/C11H18N4O4/c1-3-8-10(15(18)19)11(14(2)13-8)12-7-5-4-6-9(16)17/h12H,3-7H2,1-2H3,(H,16,17). The summed E-state index contributed by atoms with van der Waals surface area (Å²) in [7, 11) is 1.64. The molecule has 0 unspecified atom stereocenters.